The molecule has 0 fully saturated rings. The molecule has 0 atom stereocenters. The number of hydrogen-bond donors (Lipinski definition) is 0. The Balaban J connectivity index is 2.50. The van der Waals surface area contributed by atoms with Crippen LogP contribution in [0, 0.1) is 0 Å². The van der Waals surface area contributed by atoms with Crippen molar-refractivity contribution in [3.63, 3.8) is 0 Å². The van der Waals surface area contributed by atoms with Crippen LogP contribution in [0.4, 0.5) is 0 Å². The SMILES string of the molecule is O=Cc1ccc(C(=C(Cl)Cl)c2ccc(C=O)s2)s1. The molecule has 92 valence electrons. The topological polar surface area (TPSA) is 34.1 Å². The Morgan fingerprint density at radius 2 is 1.33 bits per heavy atom. The van der Waals surface area contributed by atoms with Crippen molar-refractivity contribution in [2.75, 3.05) is 0 Å². The fourth-order valence-corrected chi connectivity index (χ4v) is 3.88. The van der Waals surface area contributed by atoms with Gasteiger partial charge >= 0.3 is 0 Å². The lowest BCUT2D eigenvalue weighted by atomic mass is 10.2. The summed E-state index contributed by atoms with van der Waals surface area (Å²) < 4.78 is 0.119. The third kappa shape index (κ3) is 2.72. The average Bonchev–Trinajstić information content (AvgIpc) is 2.98. The number of aldehydes is 2. The van der Waals surface area contributed by atoms with Gasteiger partial charge in [0.1, 0.15) is 4.49 Å². The summed E-state index contributed by atoms with van der Waals surface area (Å²) in [6, 6.07) is 6.99. The van der Waals surface area contributed by atoms with Crippen molar-refractivity contribution in [1.29, 1.82) is 0 Å². The third-order valence-corrected chi connectivity index (χ3v) is 4.60. The van der Waals surface area contributed by atoms with Gasteiger partial charge in [0.15, 0.2) is 12.6 Å². The lowest BCUT2D eigenvalue weighted by molar-refractivity contribution is 0.111. The minimum Gasteiger partial charge on any atom is -0.297 e. The monoisotopic (exact) mass is 316 g/mol. The van der Waals surface area contributed by atoms with E-state index in [2.05, 4.69) is 0 Å². The van der Waals surface area contributed by atoms with Crippen molar-refractivity contribution in [2.45, 2.75) is 0 Å². The second-order valence-electron chi connectivity index (χ2n) is 3.28. The van der Waals surface area contributed by atoms with Crippen molar-refractivity contribution in [3.05, 3.63) is 48.3 Å². The fraction of sp³-hybridized carbons (Fsp3) is 0. The molecule has 0 aromatic carbocycles. The maximum absolute atomic E-state index is 10.7. The molecular weight excluding hydrogens is 311 g/mol. The highest BCUT2D eigenvalue weighted by Gasteiger charge is 2.14. The second-order valence-corrected chi connectivity index (χ2v) is 6.46. The molecule has 0 bridgehead atoms. The van der Waals surface area contributed by atoms with E-state index in [0.717, 1.165) is 22.3 Å². The summed E-state index contributed by atoms with van der Waals surface area (Å²) in [6.45, 7) is 0. The maximum Gasteiger partial charge on any atom is 0.160 e. The van der Waals surface area contributed by atoms with E-state index in [-0.39, 0.29) is 4.49 Å². The standard InChI is InChI=1S/C12H6Cl2O2S2/c13-12(14)11(9-3-1-7(5-15)17-9)10-4-2-8(6-16)18-10/h1-6H. The van der Waals surface area contributed by atoms with Crippen LogP contribution in [0.2, 0.25) is 0 Å². The van der Waals surface area contributed by atoms with Gasteiger partial charge in [-0.2, -0.15) is 0 Å². The molecule has 0 N–H and O–H groups in total. The molecule has 18 heavy (non-hydrogen) atoms. The number of thiophene rings is 2. The molecule has 0 unspecified atom stereocenters. The van der Waals surface area contributed by atoms with E-state index in [4.69, 9.17) is 23.2 Å². The quantitative estimate of drug-likeness (QED) is 0.771. The summed E-state index contributed by atoms with van der Waals surface area (Å²) in [4.78, 5) is 24.2. The predicted octanol–water partition coefficient (Wildman–Crippen LogP) is 4.63. The predicted molar refractivity (Wildman–Crippen MR) is 77.1 cm³/mol. The van der Waals surface area contributed by atoms with Crippen LogP contribution in [0.15, 0.2) is 28.8 Å². The molecule has 2 nitrogen and oxygen atoms in total. The highest BCUT2D eigenvalue weighted by Crippen LogP contribution is 2.37. The summed E-state index contributed by atoms with van der Waals surface area (Å²) in [5.74, 6) is 0. The largest absolute Gasteiger partial charge is 0.297 e. The van der Waals surface area contributed by atoms with Gasteiger partial charge in [-0.15, -0.1) is 22.7 Å². The summed E-state index contributed by atoms with van der Waals surface area (Å²) in [7, 11) is 0. The van der Waals surface area contributed by atoms with Gasteiger partial charge in [0.2, 0.25) is 0 Å². The van der Waals surface area contributed by atoms with Gasteiger partial charge in [-0.1, -0.05) is 23.2 Å². The van der Waals surface area contributed by atoms with Gasteiger partial charge in [-0.25, -0.2) is 0 Å². The number of halogens is 2. The summed E-state index contributed by atoms with van der Waals surface area (Å²) in [6.07, 6.45) is 1.55. The number of hydrogen-bond acceptors (Lipinski definition) is 4. The van der Waals surface area contributed by atoms with Crippen LogP contribution in [0.3, 0.4) is 0 Å². The van der Waals surface area contributed by atoms with Gasteiger partial charge in [0.05, 0.1) is 9.75 Å². The minimum absolute atomic E-state index is 0.119. The van der Waals surface area contributed by atoms with Gasteiger partial charge in [0, 0.05) is 15.3 Å². The molecule has 2 heterocycles. The van der Waals surface area contributed by atoms with Crippen LogP contribution in [0.25, 0.3) is 5.57 Å². The van der Waals surface area contributed by atoms with Crippen molar-refractivity contribution in [1.82, 2.24) is 0 Å². The van der Waals surface area contributed by atoms with E-state index in [1.807, 2.05) is 0 Å². The highest BCUT2D eigenvalue weighted by atomic mass is 35.5. The summed E-state index contributed by atoms with van der Waals surface area (Å²) >= 11 is 14.4. The number of carbonyl (C=O) groups excluding carboxylic acids is 2. The van der Waals surface area contributed by atoms with Crippen LogP contribution in [-0.2, 0) is 0 Å². The van der Waals surface area contributed by atoms with Crippen molar-refractivity contribution >= 4 is 64.0 Å². The molecule has 0 aliphatic heterocycles. The molecule has 2 rings (SSSR count). The van der Waals surface area contributed by atoms with E-state index < -0.39 is 0 Å². The second kappa shape index (κ2) is 5.80. The highest BCUT2D eigenvalue weighted by molar-refractivity contribution is 7.17. The lowest BCUT2D eigenvalue weighted by Crippen LogP contribution is -1.80. The Morgan fingerprint density at radius 3 is 1.61 bits per heavy atom. The first-order valence-corrected chi connectivity index (χ1v) is 7.20. The zero-order valence-electron chi connectivity index (χ0n) is 8.85. The molecule has 0 aliphatic carbocycles. The Morgan fingerprint density at radius 1 is 0.889 bits per heavy atom. The van der Waals surface area contributed by atoms with Crippen LogP contribution < -0.4 is 0 Å². The van der Waals surface area contributed by atoms with Crippen LogP contribution in [0.1, 0.15) is 29.1 Å². The van der Waals surface area contributed by atoms with Crippen LogP contribution >= 0.6 is 45.9 Å². The molecule has 0 aliphatic rings. The Kier molecular flexibility index (Phi) is 4.35. The molecule has 0 saturated heterocycles. The molecule has 0 spiro atoms. The Hall–Kier alpha value is -0.940. The number of rotatable bonds is 4. The van der Waals surface area contributed by atoms with Crippen molar-refractivity contribution in [2.24, 2.45) is 0 Å². The molecule has 0 amide bonds. The van der Waals surface area contributed by atoms with Crippen LogP contribution in [0.5, 0.6) is 0 Å². The fourth-order valence-electron chi connectivity index (χ4n) is 1.41. The minimum atomic E-state index is 0.119. The maximum atomic E-state index is 10.7. The third-order valence-electron chi connectivity index (χ3n) is 2.17. The van der Waals surface area contributed by atoms with E-state index in [1.54, 1.807) is 24.3 Å². The first-order chi connectivity index (χ1) is 8.65. The molecular formula is C12H6Cl2O2S2. The Labute approximate surface area is 121 Å². The zero-order valence-corrected chi connectivity index (χ0v) is 12.0. The molecule has 2 aromatic heterocycles. The zero-order chi connectivity index (χ0) is 13.1. The van der Waals surface area contributed by atoms with E-state index in [0.29, 0.717) is 15.3 Å². The molecule has 0 saturated carbocycles. The average molecular weight is 317 g/mol. The molecule has 0 radical (unpaired) electrons. The number of carbonyl (C=O) groups is 2. The van der Waals surface area contributed by atoms with Crippen LogP contribution in [-0.4, -0.2) is 12.6 Å². The lowest BCUT2D eigenvalue weighted by Gasteiger charge is -2.01. The van der Waals surface area contributed by atoms with Gasteiger partial charge < -0.3 is 0 Å². The summed E-state index contributed by atoms with van der Waals surface area (Å²) in [5, 5.41) is 0. The summed E-state index contributed by atoms with van der Waals surface area (Å²) in [5.41, 5.74) is 0.648. The van der Waals surface area contributed by atoms with Crippen molar-refractivity contribution in [3.8, 4) is 0 Å². The first kappa shape index (κ1) is 13.5. The van der Waals surface area contributed by atoms with E-state index >= 15 is 0 Å². The molecule has 6 heteroatoms. The Bertz CT molecular complexity index is 573. The van der Waals surface area contributed by atoms with Gasteiger partial charge in [0.25, 0.3) is 0 Å². The molecule has 2 aromatic rings. The van der Waals surface area contributed by atoms with Gasteiger partial charge in [-0.3, -0.25) is 9.59 Å². The van der Waals surface area contributed by atoms with Crippen molar-refractivity contribution < 1.29 is 9.59 Å². The first-order valence-electron chi connectivity index (χ1n) is 4.81. The van der Waals surface area contributed by atoms with Gasteiger partial charge in [-0.05, 0) is 24.3 Å². The normalized spacial score (nSPS) is 10.1. The van der Waals surface area contributed by atoms with E-state index in [1.165, 1.54) is 22.7 Å². The smallest absolute Gasteiger partial charge is 0.160 e. The van der Waals surface area contributed by atoms with E-state index in [9.17, 15) is 9.59 Å².